The average molecular weight is 354 g/mol. The third-order valence-electron chi connectivity index (χ3n) is 3.72. The summed E-state index contributed by atoms with van der Waals surface area (Å²) in [5.74, 6) is 1.35. The van der Waals surface area contributed by atoms with Crippen molar-refractivity contribution in [1.29, 1.82) is 0 Å². The lowest BCUT2D eigenvalue weighted by atomic mass is 10.1. The van der Waals surface area contributed by atoms with Crippen LogP contribution in [-0.2, 0) is 11.2 Å². The second kappa shape index (κ2) is 11.1. The molecule has 0 heterocycles. The molecule has 0 aliphatic heterocycles. The van der Waals surface area contributed by atoms with Crippen molar-refractivity contribution in [3.05, 3.63) is 66.3 Å². The zero-order valence-corrected chi connectivity index (χ0v) is 16.1. The van der Waals surface area contributed by atoms with Crippen molar-refractivity contribution < 1.29 is 9.53 Å². The Balaban J connectivity index is 2.46. The van der Waals surface area contributed by atoms with Gasteiger partial charge in [-0.3, -0.25) is 9.79 Å². The summed E-state index contributed by atoms with van der Waals surface area (Å²) < 4.78 is 5.62. The van der Waals surface area contributed by atoms with Gasteiger partial charge in [0.2, 0.25) is 0 Å². The number of nitrogens with two attached hydrogens (primary N) is 1. The van der Waals surface area contributed by atoms with Crippen LogP contribution in [0, 0.1) is 0 Å². The van der Waals surface area contributed by atoms with Gasteiger partial charge in [-0.25, -0.2) is 0 Å². The summed E-state index contributed by atoms with van der Waals surface area (Å²) in [5, 5.41) is 0. The number of ether oxygens (including phenoxy) is 1. The fourth-order valence-electron chi connectivity index (χ4n) is 2.20. The highest BCUT2D eigenvalue weighted by molar-refractivity contribution is 5.80. The molecule has 0 aliphatic carbocycles. The predicted molar refractivity (Wildman–Crippen MR) is 110 cm³/mol. The number of aliphatic imine (C=N–C) groups is 1. The molecular formula is C22H30N2O2. The number of nitrogens with zero attached hydrogens (tertiary/aromatic N) is 1. The minimum absolute atomic E-state index is 0.554. The fourth-order valence-corrected chi connectivity index (χ4v) is 2.20. The number of rotatable bonds is 11. The molecule has 26 heavy (non-hydrogen) atoms. The highest BCUT2D eigenvalue weighted by Gasteiger charge is 2.17. The molecule has 0 atom stereocenters. The number of carbonyl (C=O) groups excluding carboxylic acids is 1. The van der Waals surface area contributed by atoms with Crippen molar-refractivity contribution in [3.8, 4) is 5.75 Å². The molecule has 140 valence electrons. The molecule has 0 radical (unpaired) electrons. The van der Waals surface area contributed by atoms with Crippen molar-refractivity contribution in [2.24, 2.45) is 10.7 Å². The van der Waals surface area contributed by atoms with Crippen molar-refractivity contribution >= 4 is 12.1 Å². The second-order valence-electron chi connectivity index (χ2n) is 6.60. The molecule has 1 rings (SSSR count). The molecule has 1 aromatic rings. The fraction of sp³-hybridized carbons (Fsp3) is 0.364. The number of hydrogen-bond donors (Lipinski definition) is 1. The van der Waals surface area contributed by atoms with Gasteiger partial charge in [-0.05, 0) is 56.9 Å². The summed E-state index contributed by atoms with van der Waals surface area (Å²) in [6, 6.07) is 7.80. The van der Waals surface area contributed by atoms with Crippen LogP contribution in [0.15, 0.2) is 65.7 Å². The van der Waals surface area contributed by atoms with E-state index in [2.05, 4.69) is 11.6 Å². The minimum atomic E-state index is -0.807. The Morgan fingerprint density at radius 2 is 2.00 bits per heavy atom. The Morgan fingerprint density at radius 1 is 1.31 bits per heavy atom. The molecule has 4 nitrogen and oxygen atoms in total. The Labute approximate surface area is 157 Å². The lowest BCUT2D eigenvalue weighted by Crippen LogP contribution is -2.29. The summed E-state index contributed by atoms with van der Waals surface area (Å²) in [7, 11) is 0. The largest absolute Gasteiger partial charge is 0.480 e. The second-order valence-corrected chi connectivity index (χ2v) is 6.60. The van der Waals surface area contributed by atoms with Crippen LogP contribution in [0.4, 0.5) is 0 Å². The Bertz CT molecular complexity index is 668. The van der Waals surface area contributed by atoms with Crippen molar-refractivity contribution in [1.82, 2.24) is 0 Å². The average Bonchev–Trinajstić information content (AvgIpc) is 2.63. The molecule has 2 N–H and O–H groups in total. The first-order valence-corrected chi connectivity index (χ1v) is 8.87. The van der Waals surface area contributed by atoms with E-state index in [1.807, 2.05) is 49.4 Å². The molecule has 0 aliphatic rings. The van der Waals surface area contributed by atoms with Gasteiger partial charge in [0.15, 0.2) is 11.9 Å². The number of aryl methyl sites for hydroxylation is 1. The quantitative estimate of drug-likeness (QED) is 0.277. The van der Waals surface area contributed by atoms with Crippen LogP contribution in [0.25, 0.3) is 0 Å². The van der Waals surface area contributed by atoms with Crippen LogP contribution in [0.3, 0.4) is 0 Å². The Kier molecular flexibility index (Phi) is 9.13. The molecule has 0 bridgehead atoms. The maximum atomic E-state index is 10.9. The van der Waals surface area contributed by atoms with Crippen molar-refractivity contribution in [2.45, 2.75) is 45.6 Å². The van der Waals surface area contributed by atoms with Crippen LogP contribution in [0.2, 0.25) is 0 Å². The number of hydrogen-bond acceptors (Lipinski definition) is 3. The predicted octanol–water partition coefficient (Wildman–Crippen LogP) is 4.41. The highest BCUT2D eigenvalue weighted by atomic mass is 16.5. The van der Waals surface area contributed by atoms with E-state index in [9.17, 15) is 4.79 Å². The van der Waals surface area contributed by atoms with E-state index < -0.39 is 5.60 Å². The summed E-state index contributed by atoms with van der Waals surface area (Å²) >= 11 is 0. The van der Waals surface area contributed by atoms with Crippen LogP contribution in [0.1, 0.15) is 39.2 Å². The molecule has 0 unspecified atom stereocenters. The number of aldehydes is 1. The number of carbonyl (C=O) groups is 1. The van der Waals surface area contributed by atoms with Crippen LogP contribution >= 0.6 is 0 Å². The number of amidine groups is 1. The molecule has 0 fully saturated rings. The Hall–Kier alpha value is -2.62. The molecule has 0 aromatic heterocycles. The van der Waals surface area contributed by atoms with E-state index >= 15 is 0 Å². The van der Waals surface area contributed by atoms with Gasteiger partial charge in [-0.15, -0.1) is 0 Å². The SMILES string of the molecule is C=C/C(=C\C=C/C)CN=C(N)CCCc1ccc(OC(C)(C)C=O)cc1. The topological polar surface area (TPSA) is 64.7 Å². The first kappa shape index (κ1) is 21.4. The zero-order valence-electron chi connectivity index (χ0n) is 16.1. The van der Waals surface area contributed by atoms with Crippen LogP contribution in [-0.4, -0.2) is 24.3 Å². The summed E-state index contributed by atoms with van der Waals surface area (Å²) in [6.45, 7) is 9.78. The van der Waals surface area contributed by atoms with Crippen molar-refractivity contribution in [3.63, 3.8) is 0 Å². The zero-order chi connectivity index (χ0) is 19.4. The van der Waals surface area contributed by atoms with Gasteiger partial charge in [0.25, 0.3) is 0 Å². The molecule has 0 saturated carbocycles. The summed E-state index contributed by atoms with van der Waals surface area (Å²) in [6.07, 6.45) is 11.1. The van der Waals surface area contributed by atoms with E-state index in [1.165, 1.54) is 5.56 Å². The molecule has 0 saturated heterocycles. The normalized spacial score (nSPS) is 13.0. The van der Waals surface area contributed by atoms with Gasteiger partial charge in [-0.1, -0.05) is 43.0 Å². The lowest BCUT2D eigenvalue weighted by molar-refractivity contribution is -0.118. The molecular weight excluding hydrogens is 324 g/mol. The van der Waals surface area contributed by atoms with Crippen LogP contribution in [0.5, 0.6) is 5.75 Å². The molecule has 0 spiro atoms. The third-order valence-corrected chi connectivity index (χ3v) is 3.72. The third kappa shape index (κ3) is 8.47. The number of benzene rings is 1. The lowest BCUT2D eigenvalue weighted by Gasteiger charge is -2.19. The summed E-state index contributed by atoms with van der Waals surface area (Å²) in [5.41, 5.74) is 7.43. The van der Waals surface area contributed by atoms with E-state index in [0.717, 1.165) is 31.1 Å². The van der Waals surface area contributed by atoms with Crippen LogP contribution < -0.4 is 10.5 Å². The van der Waals surface area contributed by atoms with E-state index in [4.69, 9.17) is 10.5 Å². The Morgan fingerprint density at radius 3 is 2.58 bits per heavy atom. The van der Waals surface area contributed by atoms with Gasteiger partial charge < -0.3 is 10.5 Å². The van der Waals surface area contributed by atoms with E-state index in [0.29, 0.717) is 18.1 Å². The summed E-state index contributed by atoms with van der Waals surface area (Å²) in [4.78, 5) is 15.3. The first-order chi connectivity index (χ1) is 12.4. The molecule has 1 aromatic carbocycles. The molecule has 4 heteroatoms. The monoisotopic (exact) mass is 354 g/mol. The number of allylic oxidation sites excluding steroid dienone is 3. The van der Waals surface area contributed by atoms with Gasteiger partial charge in [0.1, 0.15) is 5.75 Å². The van der Waals surface area contributed by atoms with E-state index in [-0.39, 0.29) is 0 Å². The van der Waals surface area contributed by atoms with Gasteiger partial charge >= 0.3 is 0 Å². The van der Waals surface area contributed by atoms with E-state index in [1.54, 1.807) is 19.9 Å². The van der Waals surface area contributed by atoms with Crippen molar-refractivity contribution in [2.75, 3.05) is 6.54 Å². The van der Waals surface area contributed by atoms with Gasteiger partial charge in [0.05, 0.1) is 12.4 Å². The standard InChI is InChI=1S/C22H30N2O2/c1-5-7-9-18(6-2)16-24-21(23)11-8-10-19-12-14-20(15-13-19)26-22(3,4)17-25/h5-7,9,12-15,17H,2,8,10-11,16H2,1,3-4H3,(H2,23,24)/b7-5-,18-9+. The van der Waals surface area contributed by atoms with Gasteiger partial charge in [-0.2, -0.15) is 0 Å². The van der Waals surface area contributed by atoms with Gasteiger partial charge in [0, 0.05) is 6.42 Å². The first-order valence-electron chi connectivity index (χ1n) is 8.87. The smallest absolute Gasteiger partial charge is 0.162 e. The maximum Gasteiger partial charge on any atom is 0.162 e. The minimum Gasteiger partial charge on any atom is -0.480 e. The maximum absolute atomic E-state index is 10.9. The molecule has 0 amide bonds. The highest BCUT2D eigenvalue weighted by Crippen LogP contribution is 2.18.